The van der Waals surface area contributed by atoms with Gasteiger partial charge in [0.05, 0.1) is 13.1 Å². The number of nitrogens with two attached hydrogens (primary N) is 2. The summed E-state index contributed by atoms with van der Waals surface area (Å²) in [6.07, 6.45) is 1.95. The van der Waals surface area contributed by atoms with Crippen molar-refractivity contribution in [2.75, 3.05) is 26.7 Å². The number of amides is 3. The molecule has 0 aliphatic heterocycles. The van der Waals surface area contributed by atoms with Crippen molar-refractivity contribution in [1.29, 1.82) is 0 Å². The normalized spacial score (nSPS) is 11.7. The number of likely N-dealkylation sites (N-methyl/N-ethyl adjacent to an activating group) is 1. The van der Waals surface area contributed by atoms with Crippen molar-refractivity contribution in [3.63, 3.8) is 0 Å². The van der Waals surface area contributed by atoms with E-state index >= 15 is 0 Å². The number of carbonyl (C=O) groups excluding carboxylic acids is 3. The van der Waals surface area contributed by atoms with Gasteiger partial charge >= 0.3 is 0 Å². The van der Waals surface area contributed by atoms with Crippen LogP contribution in [0.3, 0.4) is 0 Å². The molecule has 7 N–H and O–H groups in total. The molecule has 0 saturated carbocycles. The van der Waals surface area contributed by atoms with Gasteiger partial charge < -0.3 is 27.4 Å². The molecule has 0 bridgehead atoms. The summed E-state index contributed by atoms with van der Waals surface area (Å²) < 4.78 is 0. The second kappa shape index (κ2) is 10.3. The average molecular weight is 273 g/mol. The highest BCUT2D eigenvalue weighted by Crippen LogP contribution is 2.00. The smallest absolute Gasteiger partial charge is 0.243 e. The van der Waals surface area contributed by atoms with E-state index in [2.05, 4.69) is 16.0 Å². The van der Waals surface area contributed by atoms with Gasteiger partial charge in [-0.05, 0) is 32.9 Å². The third-order valence-corrected chi connectivity index (χ3v) is 2.37. The molecule has 0 saturated heterocycles. The highest BCUT2D eigenvalue weighted by Gasteiger charge is 2.20. The molecule has 0 aromatic heterocycles. The molecule has 0 aliphatic rings. The summed E-state index contributed by atoms with van der Waals surface area (Å²) in [5, 5.41) is 7.66. The van der Waals surface area contributed by atoms with E-state index in [4.69, 9.17) is 11.5 Å². The number of nitrogens with one attached hydrogen (secondary N) is 3. The second-order valence-electron chi connectivity index (χ2n) is 4.12. The Hall–Kier alpha value is -1.67. The number of unbranched alkanes of at least 4 members (excludes halogenated alkanes) is 1. The second-order valence-corrected chi connectivity index (χ2v) is 4.12. The minimum absolute atomic E-state index is 0.122. The lowest BCUT2D eigenvalue weighted by Crippen LogP contribution is -2.50. The summed E-state index contributed by atoms with van der Waals surface area (Å²) in [5.74, 6) is -1.33. The van der Waals surface area contributed by atoms with E-state index in [-0.39, 0.29) is 19.0 Å². The van der Waals surface area contributed by atoms with Gasteiger partial charge in [-0.15, -0.1) is 0 Å². The lowest BCUT2D eigenvalue weighted by Gasteiger charge is -2.18. The molecule has 0 spiro atoms. The number of rotatable bonds is 10. The summed E-state index contributed by atoms with van der Waals surface area (Å²) in [7, 11) is 1.64. The van der Waals surface area contributed by atoms with Gasteiger partial charge in [0.2, 0.25) is 17.7 Å². The van der Waals surface area contributed by atoms with E-state index in [1.807, 2.05) is 0 Å². The molecule has 0 radical (unpaired) electrons. The van der Waals surface area contributed by atoms with Gasteiger partial charge in [-0.25, -0.2) is 0 Å². The van der Waals surface area contributed by atoms with Crippen molar-refractivity contribution >= 4 is 17.7 Å². The number of hydrogen-bond acceptors (Lipinski definition) is 5. The zero-order chi connectivity index (χ0) is 14.7. The van der Waals surface area contributed by atoms with Crippen molar-refractivity contribution in [2.24, 2.45) is 11.5 Å². The lowest BCUT2D eigenvalue weighted by atomic mass is 10.1. The Labute approximate surface area is 112 Å². The Morgan fingerprint density at radius 3 is 2.37 bits per heavy atom. The van der Waals surface area contributed by atoms with E-state index < -0.39 is 17.9 Å². The maximum absolute atomic E-state index is 11.8. The van der Waals surface area contributed by atoms with Crippen LogP contribution in [0.2, 0.25) is 0 Å². The standard InChI is InChI=1S/C11H23N5O3/c1-14-7-10(18)16-8(4-2-3-5-12)11(19)15-6-9(13)17/h8,14H,2-7,12H2,1H3,(H2,13,17)(H,15,19)(H,16,18). The molecule has 1 unspecified atom stereocenters. The average Bonchev–Trinajstić information content (AvgIpc) is 2.35. The predicted octanol–water partition coefficient (Wildman–Crippen LogP) is -2.58. The van der Waals surface area contributed by atoms with Crippen LogP contribution in [0, 0.1) is 0 Å². The summed E-state index contributed by atoms with van der Waals surface area (Å²) >= 11 is 0. The molecule has 0 fully saturated rings. The van der Waals surface area contributed by atoms with Gasteiger partial charge in [0.1, 0.15) is 6.04 Å². The highest BCUT2D eigenvalue weighted by atomic mass is 16.2. The van der Waals surface area contributed by atoms with Crippen molar-refractivity contribution in [1.82, 2.24) is 16.0 Å². The molecule has 0 rings (SSSR count). The quantitative estimate of drug-likeness (QED) is 0.278. The zero-order valence-electron chi connectivity index (χ0n) is 11.2. The van der Waals surface area contributed by atoms with Gasteiger partial charge in [0, 0.05) is 0 Å². The van der Waals surface area contributed by atoms with Crippen molar-refractivity contribution in [3.8, 4) is 0 Å². The Kier molecular flexibility index (Phi) is 9.37. The first-order chi connectivity index (χ1) is 9.01. The fraction of sp³-hybridized carbons (Fsp3) is 0.727. The van der Waals surface area contributed by atoms with E-state index in [1.165, 1.54) is 0 Å². The number of hydrogen-bond donors (Lipinski definition) is 5. The summed E-state index contributed by atoms with van der Waals surface area (Å²) in [6.45, 7) is 0.407. The first-order valence-electron chi connectivity index (χ1n) is 6.21. The Bertz CT molecular complexity index is 309. The van der Waals surface area contributed by atoms with Gasteiger partial charge in [-0.2, -0.15) is 0 Å². The van der Waals surface area contributed by atoms with Crippen LogP contribution < -0.4 is 27.4 Å². The molecule has 8 heteroatoms. The zero-order valence-corrected chi connectivity index (χ0v) is 11.2. The van der Waals surface area contributed by atoms with E-state index in [1.54, 1.807) is 7.05 Å². The molecule has 0 heterocycles. The minimum atomic E-state index is -0.674. The molecule has 8 nitrogen and oxygen atoms in total. The lowest BCUT2D eigenvalue weighted by molar-refractivity contribution is -0.129. The summed E-state index contributed by atoms with van der Waals surface area (Å²) in [4.78, 5) is 33.9. The monoisotopic (exact) mass is 273 g/mol. The van der Waals surface area contributed by atoms with E-state index in [9.17, 15) is 14.4 Å². The molecule has 19 heavy (non-hydrogen) atoms. The maximum Gasteiger partial charge on any atom is 0.243 e. The van der Waals surface area contributed by atoms with Crippen LogP contribution in [0.5, 0.6) is 0 Å². The molecule has 0 aromatic rings. The molecule has 0 aliphatic carbocycles. The van der Waals surface area contributed by atoms with Gasteiger partial charge in [-0.3, -0.25) is 14.4 Å². The first-order valence-corrected chi connectivity index (χ1v) is 6.21. The van der Waals surface area contributed by atoms with Crippen LogP contribution in [0.25, 0.3) is 0 Å². The molecule has 1 atom stereocenters. The van der Waals surface area contributed by atoms with Gasteiger partial charge in [-0.1, -0.05) is 0 Å². The van der Waals surface area contributed by atoms with Crippen LogP contribution in [-0.4, -0.2) is 50.4 Å². The van der Waals surface area contributed by atoms with Crippen LogP contribution in [-0.2, 0) is 14.4 Å². The number of primary amides is 1. The van der Waals surface area contributed by atoms with Crippen LogP contribution in [0.4, 0.5) is 0 Å². The Balaban J connectivity index is 4.33. The van der Waals surface area contributed by atoms with Crippen molar-refractivity contribution in [3.05, 3.63) is 0 Å². The summed E-state index contributed by atoms with van der Waals surface area (Å²) in [6, 6.07) is -0.674. The van der Waals surface area contributed by atoms with Crippen LogP contribution in [0.1, 0.15) is 19.3 Å². The van der Waals surface area contributed by atoms with Crippen LogP contribution >= 0.6 is 0 Å². The molecule has 110 valence electrons. The largest absolute Gasteiger partial charge is 0.368 e. The molecular formula is C11H23N5O3. The fourth-order valence-electron chi connectivity index (χ4n) is 1.46. The van der Waals surface area contributed by atoms with Gasteiger partial charge in [0.25, 0.3) is 0 Å². The first kappa shape index (κ1) is 17.3. The SMILES string of the molecule is CNCC(=O)NC(CCCCN)C(=O)NCC(N)=O. The predicted molar refractivity (Wildman–Crippen MR) is 71.0 cm³/mol. The Morgan fingerprint density at radius 2 is 1.84 bits per heavy atom. The molecular weight excluding hydrogens is 250 g/mol. The fourth-order valence-corrected chi connectivity index (χ4v) is 1.46. The van der Waals surface area contributed by atoms with Gasteiger partial charge in [0.15, 0.2) is 0 Å². The topological polar surface area (TPSA) is 139 Å². The minimum Gasteiger partial charge on any atom is -0.368 e. The molecule has 3 amide bonds. The van der Waals surface area contributed by atoms with Crippen LogP contribution in [0.15, 0.2) is 0 Å². The molecule has 0 aromatic carbocycles. The summed E-state index contributed by atoms with van der Waals surface area (Å²) in [5.41, 5.74) is 10.3. The maximum atomic E-state index is 11.8. The third kappa shape index (κ3) is 8.97. The third-order valence-electron chi connectivity index (χ3n) is 2.37. The highest BCUT2D eigenvalue weighted by molar-refractivity contribution is 5.90. The van der Waals surface area contributed by atoms with E-state index in [0.717, 1.165) is 6.42 Å². The van der Waals surface area contributed by atoms with Crippen molar-refractivity contribution in [2.45, 2.75) is 25.3 Å². The Morgan fingerprint density at radius 1 is 1.16 bits per heavy atom. The number of carbonyl (C=O) groups is 3. The van der Waals surface area contributed by atoms with Crippen molar-refractivity contribution < 1.29 is 14.4 Å². The van der Waals surface area contributed by atoms with E-state index in [0.29, 0.717) is 19.4 Å².